The number of benzene rings is 2. The molecule has 0 heterocycles. The van der Waals surface area contributed by atoms with E-state index < -0.39 is 5.60 Å². The molecule has 2 aromatic carbocycles. The molecule has 0 radical (unpaired) electrons. The highest BCUT2D eigenvalue weighted by atomic mass is 16.5. The number of hydrogen-bond donors (Lipinski definition) is 1. The minimum Gasteiger partial charge on any atom is -0.497 e. The first-order chi connectivity index (χ1) is 9.13. The van der Waals surface area contributed by atoms with Crippen LogP contribution in [0.25, 0.3) is 0 Å². The predicted molar refractivity (Wildman–Crippen MR) is 78.9 cm³/mol. The van der Waals surface area contributed by atoms with Crippen LogP contribution in [0.2, 0.25) is 0 Å². The Hall–Kier alpha value is -1.74. The second-order valence-electron chi connectivity index (χ2n) is 5.25. The third kappa shape index (κ3) is 1.94. The third-order valence-corrected chi connectivity index (χ3v) is 4.03. The van der Waals surface area contributed by atoms with E-state index in [1.165, 1.54) is 11.0 Å². The zero-order valence-electron chi connectivity index (χ0n) is 11.3. The number of methoxy groups -OCH3 is 1. The van der Waals surface area contributed by atoms with Gasteiger partial charge >= 0.3 is 0 Å². The van der Waals surface area contributed by atoms with E-state index >= 15 is 0 Å². The summed E-state index contributed by atoms with van der Waals surface area (Å²) < 4.78 is 5.17. The quantitative estimate of drug-likeness (QED) is 0.812. The Morgan fingerprint density at radius 2 is 1.89 bits per heavy atom. The average Bonchev–Trinajstić information content (AvgIpc) is 2.77. The molecule has 0 saturated heterocycles. The van der Waals surface area contributed by atoms with E-state index in [2.05, 4.69) is 26.0 Å². The van der Waals surface area contributed by atoms with Crippen molar-refractivity contribution in [2.45, 2.75) is 18.4 Å². The molecule has 0 aliphatic heterocycles. The first-order valence-electron chi connectivity index (χ1n) is 6.60. The fourth-order valence-corrected chi connectivity index (χ4v) is 2.91. The van der Waals surface area contributed by atoms with Gasteiger partial charge in [0.2, 0.25) is 0 Å². The van der Waals surface area contributed by atoms with Crippen molar-refractivity contribution in [3.63, 3.8) is 0 Å². The van der Waals surface area contributed by atoms with Crippen molar-refractivity contribution in [2.24, 2.45) is 0 Å². The summed E-state index contributed by atoms with van der Waals surface area (Å²) in [6, 6.07) is 14.1. The Kier molecular flexibility index (Phi) is 2.87. The van der Waals surface area contributed by atoms with Crippen molar-refractivity contribution in [2.75, 3.05) is 7.11 Å². The number of aliphatic hydroxyl groups is 1. The summed E-state index contributed by atoms with van der Waals surface area (Å²) in [7, 11) is 3.71. The SMILES string of the molecule is Bc1ccc2c(c1)C(O)(c1ccc(OC)cc1)CC2. The monoisotopic (exact) mass is 252 g/mol. The molecule has 0 saturated carbocycles. The topological polar surface area (TPSA) is 29.5 Å². The maximum Gasteiger partial charge on any atom is 0.139 e. The van der Waals surface area contributed by atoms with Gasteiger partial charge in [0.1, 0.15) is 19.2 Å². The molecule has 2 aromatic rings. The molecule has 0 bridgehead atoms. The molecule has 2 nitrogen and oxygen atoms in total. The molecule has 1 unspecified atom stereocenters. The van der Waals surface area contributed by atoms with Gasteiger partial charge in [-0.3, -0.25) is 0 Å². The summed E-state index contributed by atoms with van der Waals surface area (Å²) in [6.45, 7) is 0. The van der Waals surface area contributed by atoms with Gasteiger partial charge in [0.25, 0.3) is 0 Å². The summed E-state index contributed by atoms with van der Waals surface area (Å²) in [5.41, 5.74) is 3.58. The van der Waals surface area contributed by atoms with Gasteiger partial charge < -0.3 is 9.84 Å². The second kappa shape index (κ2) is 4.43. The molecule has 19 heavy (non-hydrogen) atoms. The molecule has 3 rings (SSSR count). The molecule has 0 amide bonds. The molecular weight excluding hydrogens is 235 g/mol. The van der Waals surface area contributed by atoms with E-state index in [4.69, 9.17) is 4.74 Å². The van der Waals surface area contributed by atoms with Crippen LogP contribution >= 0.6 is 0 Å². The molecule has 0 spiro atoms. The second-order valence-corrected chi connectivity index (χ2v) is 5.25. The van der Waals surface area contributed by atoms with Crippen LogP contribution in [0.15, 0.2) is 42.5 Å². The highest BCUT2D eigenvalue weighted by molar-refractivity contribution is 6.32. The summed E-state index contributed by atoms with van der Waals surface area (Å²) >= 11 is 0. The number of hydrogen-bond acceptors (Lipinski definition) is 2. The first kappa shape index (κ1) is 12.3. The number of rotatable bonds is 2. The summed E-state index contributed by atoms with van der Waals surface area (Å²) in [4.78, 5) is 0. The molecule has 1 aliphatic rings. The average molecular weight is 252 g/mol. The minimum atomic E-state index is -0.854. The summed E-state index contributed by atoms with van der Waals surface area (Å²) in [5, 5.41) is 11.1. The minimum absolute atomic E-state index is 0.748. The van der Waals surface area contributed by atoms with Gasteiger partial charge in [0, 0.05) is 0 Å². The largest absolute Gasteiger partial charge is 0.497 e. The van der Waals surface area contributed by atoms with Crippen LogP contribution in [-0.4, -0.2) is 20.1 Å². The van der Waals surface area contributed by atoms with E-state index in [0.717, 1.165) is 29.7 Å². The molecule has 0 fully saturated rings. The third-order valence-electron chi connectivity index (χ3n) is 4.03. The Morgan fingerprint density at radius 3 is 2.58 bits per heavy atom. The fourth-order valence-electron chi connectivity index (χ4n) is 2.91. The lowest BCUT2D eigenvalue weighted by Gasteiger charge is -2.25. The van der Waals surface area contributed by atoms with Crippen LogP contribution in [0, 0.1) is 0 Å². The first-order valence-corrected chi connectivity index (χ1v) is 6.60. The molecule has 1 aliphatic carbocycles. The van der Waals surface area contributed by atoms with E-state index in [1.807, 2.05) is 24.3 Å². The lowest BCUT2D eigenvalue weighted by atomic mass is 9.84. The van der Waals surface area contributed by atoms with Gasteiger partial charge in [0.15, 0.2) is 0 Å². The van der Waals surface area contributed by atoms with Crippen LogP contribution in [-0.2, 0) is 12.0 Å². The van der Waals surface area contributed by atoms with Gasteiger partial charge in [-0.2, -0.15) is 0 Å². The van der Waals surface area contributed by atoms with Gasteiger partial charge in [-0.15, -0.1) is 0 Å². The van der Waals surface area contributed by atoms with Crippen LogP contribution in [0.4, 0.5) is 0 Å². The molecule has 3 heteroatoms. The normalized spacial score (nSPS) is 21.2. The molecular formula is C16H17BO2. The standard InChI is InChI=1S/C16H17BO2/c1-19-14-6-3-12(4-7-14)16(18)9-8-11-2-5-13(17)10-15(11)16/h2-7,10,18H,8-9,17H2,1H3. The van der Waals surface area contributed by atoms with Crippen LogP contribution in [0.1, 0.15) is 23.1 Å². The van der Waals surface area contributed by atoms with Crippen LogP contribution in [0.3, 0.4) is 0 Å². The molecule has 0 aromatic heterocycles. The number of ether oxygens (including phenoxy) is 1. The highest BCUT2D eigenvalue weighted by Crippen LogP contribution is 2.41. The van der Waals surface area contributed by atoms with Crippen molar-refractivity contribution in [1.82, 2.24) is 0 Å². The van der Waals surface area contributed by atoms with Crippen molar-refractivity contribution < 1.29 is 9.84 Å². The highest BCUT2D eigenvalue weighted by Gasteiger charge is 2.38. The van der Waals surface area contributed by atoms with Gasteiger partial charge in [-0.1, -0.05) is 35.8 Å². The van der Waals surface area contributed by atoms with Gasteiger partial charge in [0.05, 0.1) is 7.11 Å². The van der Waals surface area contributed by atoms with Crippen molar-refractivity contribution in [3.8, 4) is 5.75 Å². The smallest absolute Gasteiger partial charge is 0.139 e. The van der Waals surface area contributed by atoms with E-state index in [9.17, 15) is 5.11 Å². The molecule has 96 valence electrons. The van der Waals surface area contributed by atoms with E-state index in [-0.39, 0.29) is 0 Å². The lowest BCUT2D eigenvalue weighted by molar-refractivity contribution is 0.0829. The Bertz CT molecular complexity index is 607. The van der Waals surface area contributed by atoms with Crippen molar-refractivity contribution in [3.05, 3.63) is 59.2 Å². The maximum absolute atomic E-state index is 11.1. The zero-order chi connectivity index (χ0) is 13.5. The van der Waals surface area contributed by atoms with E-state index in [1.54, 1.807) is 7.11 Å². The Morgan fingerprint density at radius 1 is 1.16 bits per heavy atom. The summed E-state index contributed by atoms with van der Waals surface area (Å²) in [6.07, 6.45) is 1.68. The Labute approximate surface area is 114 Å². The maximum atomic E-state index is 11.1. The Balaban J connectivity index is 2.07. The van der Waals surface area contributed by atoms with Crippen LogP contribution < -0.4 is 10.2 Å². The molecule has 1 N–H and O–H groups in total. The van der Waals surface area contributed by atoms with Gasteiger partial charge in [-0.05, 0) is 41.7 Å². The zero-order valence-corrected chi connectivity index (χ0v) is 11.3. The lowest BCUT2D eigenvalue weighted by Crippen LogP contribution is -2.25. The van der Waals surface area contributed by atoms with Crippen LogP contribution in [0.5, 0.6) is 5.75 Å². The predicted octanol–water partition coefficient (Wildman–Crippen LogP) is 1.14. The van der Waals surface area contributed by atoms with Crippen molar-refractivity contribution >= 4 is 13.3 Å². The number of aryl methyl sites for hydroxylation is 1. The fraction of sp³-hybridized carbons (Fsp3) is 0.250. The number of fused-ring (bicyclic) bond motifs is 1. The van der Waals surface area contributed by atoms with Crippen molar-refractivity contribution in [1.29, 1.82) is 0 Å². The van der Waals surface area contributed by atoms with E-state index in [0.29, 0.717) is 0 Å². The molecule has 1 atom stereocenters. The van der Waals surface area contributed by atoms with Gasteiger partial charge in [-0.25, -0.2) is 0 Å². The summed E-state index contributed by atoms with van der Waals surface area (Å²) in [5.74, 6) is 0.815.